The Bertz CT molecular complexity index is 1260. The summed E-state index contributed by atoms with van der Waals surface area (Å²) in [6.45, 7) is 2.02. The van der Waals surface area contributed by atoms with Gasteiger partial charge in [-0.05, 0) is 60.0 Å². The van der Waals surface area contributed by atoms with Crippen LogP contribution in [-0.2, 0) is 24.1 Å². The first-order valence-corrected chi connectivity index (χ1v) is 14.9. The molecule has 5 nitrogen and oxygen atoms in total. The minimum absolute atomic E-state index is 0.0995. The highest BCUT2D eigenvalue weighted by atomic mass is 127. The summed E-state index contributed by atoms with van der Waals surface area (Å²) in [5, 5.41) is 0.943. The van der Waals surface area contributed by atoms with E-state index >= 15 is 0 Å². The summed E-state index contributed by atoms with van der Waals surface area (Å²) in [6.07, 6.45) is 0. The van der Waals surface area contributed by atoms with Gasteiger partial charge in [-0.2, -0.15) is 0 Å². The molecule has 1 heterocycles. The van der Waals surface area contributed by atoms with Crippen LogP contribution in [0.15, 0.2) is 71.9 Å². The number of carbonyl (C=O) groups excluding carboxylic acids is 1. The number of hydrogen-bond acceptors (Lipinski definition) is 5. The van der Waals surface area contributed by atoms with Crippen molar-refractivity contribution in [3.8, 4) is 11.4 Å². The fourth-order valence-corrected chi connectivity index (χ4v) is 5.40. The summed E-state index contributed by atoms with van der Waals surface area (Å²) in [5.74, 6) is 1.09. The fourth-order valence-electron chi connectivity index (χ4n) is 3.44. The third kappa shape index (κ3) is 6.25. The molecule has 4 aromatic rings. The van der Waals surface area contributed by atoms with Crippen molar-refractivity contribution in [3.63, 3.8) is 0 Å². The lowest BCUT2D eigenvalue weighted by Gasteiger charge is -2.11. The van der Waals surface area contributed by atoms with Crippen molar-refractivity contribution < 1.29 is 14.3 Å². The highest BCUT2D eigenvalue weighted by Crippen LogP contribution is 2.31. The Morgan fingerprint density at radius 3 is 2.29 bits per heavy atom. The number of fused-ring (bicyclic) bond motifs is 1. The van der Waals surface area contributed by atoms with Crippen molar-refractivity contribution in [2.24, 2.45) is 0 Å². The Hall–Kier alpha value is -1.79. The van der Waals surface area contributed by atoms with Crippen LogP contribution in [0.5, 0.6) is 5.75 Å². The summed E-state index contributed by atoms with van der Waals surface area (Å²) in [7, 11) is 0. The van der Waals surface area contributed by atoms with Crippen molar-refractivity contribution in [2.75, 3.05) is 13.2 Å². The average molecular weight is 698 g/mol. The van der Waals surface area contributed by atoms with E-state index in [-0.39, 0.29) is 12.6 Å². The van der Waals surface area contributed by atoms with Crippen LogP contribution in [0.1, 0.15) is 23.6 Å². The minimum atomic E-state index is -0.372. The topological polar surface area (TPSA) is 53.4 Å². The molecule has 0 unspecified atom stereocenters. The van der Waals surface area contributed by atoms with Crippen LogP contribution in [0.4, 0.5) is 0 Å². The van der Waals surface area contributed by atoms with Crippen LogP contribution in [0, 0.1) is 0 Å². The molecule has 1 aromatic heterocycles. The lowest BCUT2D eigenvalue weighted by Crippen LogP contribution is -2.14. The second-order valence-electron chi connectivity index (χ2n) is 7.51. The van der Waals surface area contributed by atoms with Gasteiger partial charge in [0.1, 0.15) is 5.75 Å². The standard InChI is InChI=1S/C26H24I2N2O3S/c1-2-32-25(31)16-33-22-10-8-21(9-11-22)30-24-13-20(15-28)7-12-23(24)29-26(30)34-17-19-5-3-18(14-27)4-6-19/h3-13H,2,14-17H2,1H3. The predicted molar refractivity (Wildman–Crippen MR) is 155 cm³/mol. The zero-order chi connectivity index (χ0) is 23.9. The molecule has 0 spiro atoms. The van der Waals surface area contributed by atoms with Crippen LogP contribution in [-0.4, -0.2) is 28.7 Å². The Morgan fingerprint density at radius 2 is 1.62 bits per heavy atom. The van der Waals surface area contributed by atoms with E-state index in [0.29, 0.717) is 12.4 Å². The maximum absolute atomic E-state index is 11.6. The van der Waals surface area contributed by atoms with Crippen LogP contribution in [0.25, 0.3) is 16.7 Å². The van der Waals surface area contributed by atoms with E-state index in [1.54, 1.807) is 18.7 Å². The molecular formula is C26H24I2N2O3S. The molecule has 4 rings (SSSR count). The van der Waals surface area contributed by atoms with E-state index in [2.05, 4.69) is 92.2 Å². The number of rotatable bonds is 10. The number of carbonyl (C=O) groups is 1. The van der Waals surface area contributed by atoms with E-state index in [4.69, 9.17) is 14.5 Å². The molecule has 34 heavy (non-hydrogen) atoms. The number of thioether (sulfide) groups is 1. The van der Waals surface area contributed by atoms with Crippen LogP contribution in [0.3, 0.4) is 0 Å². The smallest absolute Gasteiger partial charge is 0.344 e. The normalized spacial score (nSPS) is 11.0. The summed E-state index contributed by atoms with van der Waals surface area (Å²) in [5.41, 5.74) is 6.91. The Morgan fingerprint density at radius 1 is 0.941 bits per heavy atom. The number of alkyl halides is 2. The first kappa shape index (κ1) is 25.3. The zero-order valence-electron chi connectivity index (χ0n) is 18.7. The summed E-state index contributed by atoms with van der Waals surface area (Å²) >= 11 is 6.49. The second-order valence-corrected chi connectivity index (χ2v) is 9.98. The predicted octanol–water partition coefficient (Wildman–Crippen LogP) is 7.13. The van der Waals surface area contributed by atoms with Gasteiger partial charge in [0.25, 0.3) is 0 Å². The lowest BCUT2D eigenvalue weighted by molar-refractivity contribution is -0.145. The molecule has 3 aromatic carbocycles. The zero-order valence-corrected chi connectivity index (χ0v) is 23.8. The van der Waals surface area contributed by atoms with Gasteiger partial charge >= 0.3 is 5.97 Å². The molecular weight excluding hydrogens is 674 g/mol. The van der Waals surface area contributed by atoms with E-state index < -0.39 is 0 Å². The van der Waals surface area contributed by atoms with Gasteiger partial charge in [0, 0.05) is 20.3 Å². The molecule has 8 heteroatoms. The molecule has 0 aliphatic rings. The number of aromatic nitrogens is 2. The molecule has 0 radical (unpaired) electrons. The van der Waals surface area contributed by atoms with Gasteiger partial charge < -0.3 is 9.47 Å². The Kier molecular flexibility index (Phi) is 9.12. The van der Waals surface area contributed by atoms with Crippen LogP contribution >= 0.6 is 56.9 Å². The van der Waals surface area contributed by atoms with Crippen LogP contribution < -0.4 is 4.74 Å². The Balaban J connectivity index is 1.62. The van der Waals surface area contributed by atoms with E-state index in [1.807, 2.05) is 24.3 Å². The molecule has 0 fully saturated rings. The first-order valence-electron chi connectivity index (χ1n) is 10.8. The maximum atomic E-state index is 11.6. The van der Waals surface area contributed by atoms with E-state index in [0.717, 1.165) is 36.5 Å². The van der Waals surface area contributed by atoms with Gasteiger partial charge in [-0.3, -0.25) is 4.57 Å². The van der Waals surface area contributed by atoms with Gasteiger partial charge in [-0.1, -0.05) is 87.3 Å². The van der Waals surface area contributed by atoms with Gasteiger partial charge in [-0.15, -0.1) is 0 Å². The van der Waals surface area contributed by atoms with E-state index in [9.17, 15) is 4.79 Å². The molecule has 0 bridgehead atoms. The SMILES string of the molecule is CCOC(=O)COc1ccc(-n2c(SCc3ccc(CI)cc3)nc3ccc(CI)cc32)cc1. The number of hydrogen-bond donors (Lipinski definition) is 0. The number of esters is 1. The monoisotopic (exact) mass is 698 g/mol. The van der Waals surface area contributed by atoms with Crippen molar-refractivity contribution in [2.45, 2.75) is 26.7 Å². The number of benzene rings is 3. The van der Waals surface area contributed by atoms with Gasteiger partial charge in [-0.25, -0.2) is 9.78 Å². The molecule has 0 saturated heterocycles. The van der Waals surface area contributed by atoms with E-state index in [1.165, 1.54) is 16.7 Å². The summed E-state index contributed by atoms with van der Waals surface area (Å²) in [4.78, 5) is 16.5. The minimum Gasteiger partial charge on any atom is -0.482 e. The molecule has 0 N–H and O–H groups in total. The molecule has 0 amide bonds. The number of halogens is 2. The third-order valence-corrected chi connectivity index (χ3v) is 7.92. The average Bonchev–Trinajstić information content (AvgIpc) is 3.24. The van der Waals surface area contributed by atoms with Crippen molar-refractivity contribution >= 4 is 73.9 Å². The quantitative estimate of drug-likeness (QED) is 0.0764. The van der Waals surface area contributed by atoms with Gasteiger partial charge in [0.2, 0.25) is 0 Å². The molecule has 0 aliphatic carbocycles. The van der Waals surface area contributed by atoms with Gasteiger partial charge in [0.05, 0.1) is 17.6 Å². The molecule has 176 valence electrons. The van der Waals surface area contributed by atoms with Crippen molar-refractivity contribution in [3.05, 3.63) is 83.4 Å². The highest BCUT2D eigenvalue weighted by Gasteiger charge is 2.14. The summed E-state index contributed by atoms with van der Waals surface area (Å²) in [6, 6.07) is 22.9. The molecule has 0 aliphatic heterocycles. The summed E-state index contributed by atoms with van der Waals surface area (Å²) < 4.78 is 14.6. The second kappa shape index (κ2) is 12.3. The number of ether oxygens (including phenoxy) is 2. The Labute approximate surface area is 230 Å². The molecule has 0 atom stereocenters. The highest BCUT2D eigenvalue weighted by molar-refractivity contribution is 14.1. The maximum Gasteiger partial charge on any atom is 0.344 e. The largest absolute Gasteiger partial charge is 0.482 e. The first-order chi connectivity index (χ1) is 16.6. The lowest BCUT2D eigenvalue weighted by atomic mass is 10.2. The number of imidazole rings is 1. The van der Waals surface area contributed by atoms with Crippen molar-refractivity contribution in [1.82, 2.24) is 9.55 Å². The fraction of sp³-hybridized carbons (Fsp3) is 0.231. The van der Waals surface area contributed by atoms with Crippen molar-refractivity contribution in [1.29, 1.82) is 0 Å². The van der Waals surface area contributed by atoms with Crippen LogP contribution in [0.2, 0.25) is 0 Å². The van der Waals surface area contributed by atoms with Gasteiger partial charge in [0.15, 0.2) is 11.8 Å². The third-order valence-electron chi connectivity index (χ3n) is 5.14. The number of nitrogens with zero attached hydrogens (tertiary/aromatic N) is 2. The molecule has 0 saturated carbocycles.